The number of piperidine rings is 1. The van der Waals surface area contributed by atoms with Crippen molar-refractivity contribution in [2.45, 2.75) is 43.6 Å². The van der Waals surface area contributed by atoms with Crippen molar-refractivity contribution in [3.05, 3.63) is 65.5 Å². The second kappa shape index (κ2) is 8.46. The highest BCUT2D eigenvalue weighted by Crippen LogP contribution is 2.46. The fourth-order valence-electron chi connectivity index (χ4n) is 4.61. The molecular formula is C24H27FN2O3. The van der Waals surface area contributed by atoms with Crippen LogP contribution in [0.4, 0.5) is 4.39 Å². The summed E-state index contributed by atoms with van der Waals surface area (Å²) in [4.78, 5) is 26.6. The Hall–Kier alpha value is -2.89. The Bertz CT molecular complexity index is 920. The Balaban J connectivity index is 1.43. The molecule has 2 aromatic carbocycles. The van der Waals surface area contributed by atoms with Gasteiger partial charge in [0.25, 0.3) is 0 Å². The van der Waals surface area contributed by atoms with Crippen LogP contribution in [0.3, 0.4) is 0 Å². The molecule has 2 aromatic rings. The Morgan fingerprint density at radius 3 is 2.53 bits per heavy atom. The molecule has 1 spiro atoms. The van der Waals surface area contributed by atoms with Crippen molar-refractivity contribution in [3.63, 3.8) is 0 Å². The van der Waals surface area contributed by atoms with Crippen LogP contribution in [0.25, 0.3) is 0 Å². The first-order valence-corrected chi connectivity index (χ1v) is 10.5. The largest absolute Gasteiger partial charge is 0.487 e. The minimum Gasteiger partial charge on any atom is -0.487 e. The van der Waals surface area contributed by atoms with Crippen molar-refractivity contribution in [1.29, 1.82) is 0 Å². The van der Waals surface area contributed by atoms with Crippen LogP contribution >= 0.6 is 0 Å². The number of para-hydroxylation sites is 1. The first kappa shape index (κ1) is 20.4. The maximum absolute atomic E-state index is 13.1. The van der Waals surface area contributed by atoms with Gasteiger partial charge in [0.1, 0.15) is 17.2 Å². The van der Waals surface area contributed by atoms with Crippen molar-refractivity contribution in [1.82, 2.24) is 10.2 Å². The topological polar surface area (TPSA) is 58.6 Å². The average Bonchev–Trinajstić information content (AvgIpc) is 2.75. The first-order valence-electron chi connectivity index (χ1n) is 10.5. The van der Waals surface area contributed by atoms with E-state index in [0.29, 0.717) is 19.5 Å². The number of benzene rings is 2. The lowest BCUT2D eigenvalue weighted by Gasteiger charge is -2.47. The van der Waals surface area contributed by atoms with Crippen LogP contribution in [0.1, 0.15) is 42.7 Å². The maximum Gasteiger partial charge on any atom is 0.226 e. The lowest BCUT2D eigenvalue weighted by Crippen LogP contribution is -2.52. The molecule has 2 heterocycles. The van der Waals surface area contributed by atoms with E-state index in [2.05, 4.69) is 5.32 Å². The second-order valence-corrected chi connectivity index (χ2v) is 8.29. The van der Waals surface area contributed by atoms with Crippen LogP contribution in [0.15, 0.2) is 48.5 Å². The molecule has 2 aliphatic heterocycles. The predicted octanol–water partition coefficient (Wildman–Crippen LogP) is 3.43. The van der Waals surface area contributed by atoms with Crippen molar-refractivity contribution in [2.75, 3.05) is 20.1 Å². The van der Waals surface area contributed by atoms with Gasteiger partial charge in [-0.2, -0.15) is 0 Å². The van der Waals surface area contributed by atoms with E-state index >= 15 is 0 Å². The first-order chi connectivity index (χ1) is 14.5. The summed E-state index contributed by atoms with van der Waals surface area (Å²) in [6, 6.07) is 14.0. The lowest BCUT2D eigenvalue weighted by atomic mass is 9.76. The normalized spacial score (nSPS) is 19.7. The molecule has 2 aliphatic rings. The van der Waals surface area contributed by atoms with Gasteiger partial charge in [0.2, 0.25) is 11.8 Å². The molecular weight excluding hydrogens is 383 g/mol. The number of hydrogen-bond acceptors (Lipinski definition) is 3. The molecule has 30 heavy (non-hydrogen) atoms. The number of carbonyl (C=O) groups is 2. The fraction of sp³-hybridized carbons (Fsp3) is 0.417. The van der Waals surface area contributed by atoms with Gasteiger partial charge in [0.15, 0.2) is 0 Å². The minimum atomic E-state index is -0.348. The molecule has 1 atom stereocenters. The molecule has 1 unspecified atom stereocenters. The number of rotatable bonds is 4. The van der Waals surface area contributed by atoms with Gasteiger partial charge >= 0.3 is 0 Å². The number of hydrogen-bond donors (Lipinski definition) is 1. The zero-order valence-corrected chi connectivity index (χ0v) is 17.2. The van der Waals surface area contributed by atoms with E-state index in [0.717, 1.165) is 36.1 Å². The third-order valence-electron chi connectivity index (χ3n) is 6.31. The van der Waals surface area contributed by atoms with Gasteiger partial charge in [-0.05, 0) is 35.7 Å². The summed E-state index contributed by atoms with van der Waals surface area (Å²) in [6.07, 6.45) is 2.96. The molecule has 5 nitrogen and oxygen atoms in total. The molecule has 2 amide bonds. The lowest BCUT2D eigenvalue weighted by molar-refractivity contribution is -0.134. The number of nitrogens with one attached hydrogen (secondary N) is 1. The van der Waals surface area contributed by atoms with E-state index < -0.39 is 0 Å². The number of likely N-dealkylation sites (tertiary alicyclic amines) is 1. The summed E-state index contributed by atoms with van der Waals surface area (Å²) < 4.78 is 19.5. The highest BCUT2D eigenvalue weighted by atomic mass is 19.1. The van der Waals surface area contributed by atoms with E-state index in [1.807, 2.05) is 29.2 Å². The highest BCUT2D eigenvalue weighted by Gasteiger charge is 2.44. The standard InChI is InChI=1S/C24H27FN2O3/c1-26-22(28)15-18-16-24(30-21-5-3-2-4-20(18)21)10-12-27(13-11-24)23(29)14-17-6-8-19(25)9-7-17/h2-9,18H,10-16H2,1H3,(H,26,28). The average molecular weight is 410 g/mol. The molecule has 0 radical (unpaired) electrons. The Morgan fingerprint density at radius 2 is 1.83 bits per heavy atom. The zero-order chi connectivity index (χ0) is 21.1. The van der Waals surface area contributed by atoms with E-state index in [9.17, 15) is 14.0 Å². The van der Waals surface area contributed by atoms with Gasteiger partial charge in [-0.3, -0.25) is 9.59 Å². The molecule has 158 valence electrons. The smallest absolute Gasteiger partial charge is 0.226 e. The van der Waals surface area contributed by atoms with Crippen LogP contribution in [0.2, 0.25) is 0 Å². The SMILES string of the molecule is CNC(=O)CC1CC2(CCN(C(=O)Cc3ccc(F)cc3)CC2)Oc2ccccc21. The van der Waals surface area contributed by atoms with E-state index in [4.69, 9.17) is 4.74 Å². The zero-order valence-electron chi connectivity index (χ0n) is 17.2. The minimum absolute atomic E-state index is 0.0266. The van der Waals surface area contributed by atoms with Crippen molar-refractivity contribution in [3.8, 4) is 5.75 Å². The molecule has 0 aromatic heterocycles. The number of nitrogens with zero attached hydrogens (tertiary/aromatic N) is 1. The molecule has 4 rings (SSSR count). The number of amides is 2. The van der Waals surface area contributed by atoms with E-state index in [-0.39, 0.29) is 35.6 Å². The van der Waals surface area contributed by atoms with Crippen LogP contribution < -0.4 is 10.1 Å². The monoisotopic (exact) mass is 410 g/mol. The number of carbonyl (C=O) groups excluding carboxylic acids is 2. The molecule has 1 fully saturated rings. The number of fused-ring (bicyclic) bond motifs is 1. The van der Waals surface area contributed by atoms with Crippen molar-refractivity contribution in [2.24, 2.45) is 0 Å². The maximum atomic E-state index is 13.1. The third-order valence-corrected chi connectivity index (χ3v) is 6.31. The molecule has 0 saturated carbocycles. The summed E-state index contributed by atoms with van der Waals surface area (Å²) in [7, 11) is 1.66. The van der Waals surface area contributed by atoms with Crippen LogP contribution in [-0.4, -0.2) is 42.5 Å². The summed E-state index contributed by atoms with van der Waals surface area (Å²) in [5, 5.41) is 2.73. The third kappa shape index (κ3) is 4.32. The molecule has 0 aliphatic carbocycles. The van der Waals surface area contributed by atoms with Gasteiger partial charge in [0.05, 0.1) is 6.42 Å². The van der Waals surface area contributed by atoms with Gasteiger partial charge in [-0.15, -0.1) is 0 Å². The van der Waals surface area contributed by atoms with Gasteiger partial charge in [-0.25, -0.2) is 4.39 Å². The van der Waals surface area contributed by atoms with Gasteiger partial charge in [0, 0.05) is 45.3 Å². The summed E-state index contributed by atoms with van der Waals surface area (Å²) in [5.74, 6) is 0.737. The molecule has 1 saturated heterocycles. The molecule has 6 heteroatoms. The van der Waals surface area contributed by atoms with Crippen molar-refractivity contribution >= 4 is 11.8 Å². The van der Waals surface area contributed by atoms with Crippen LogP contribution in [0, 0.1) is 5.82 Å². The Morgan fingerprint density at radius 1 is 1.13 bits per heavy atom. The second-order valence-electron chi connectivity index (χ2n) is 8.29. The summed E-state index contributed by atoms with van der Waals surface area (Å²) in [6.45, 7) is 1.24. The van der Waals surface area contributed by atoms with Gasteiger partial charge < -0.3 is 15.0 Å². The number of halogens is 1. The molecule has 1 N–H and O–H groups in total. The Labute approximate surface area is 176 Å². The Kier molecular flexibility index (Phi) is 5.75. The quantitative estimate of drug-likeness (QED) is 0.840. The predicted molar refractivity (Wildman–Crippen MR) is 112 cm³/mol. The highest BCUT2D eigenvalue weighted by molar-refractivity contribution is 5.79. The molecule has 0 bridgehead atoms. The summed E-state index contributed by atoms with van der Waals surface area (Å²) in [5.41, 5.74) is 1.55. The number of ether oxygens (including phenoxy) is 1. The fourth-order valence-corrected chi connectivity index (χ4v) is 4.61. The van der Waals surface area contributed by atoms with Gasteiger partial charge in [-0.1, -0.05) is 30.3 Å². The van der Waals surface area contributed by atoms with Crippen molar-refractivity contribution < 1.29 is 18.7 Å². The summed E-state index contributed by atoms with van der Waals surface area (Å²) >= 11 is 0. The van der Waals surface area contributed by atoms with Crippen LogP contribution in [-0.2, 0) is 16.0 Å². The van der Waals surface area contributed by atoms with E-state index in [1.54, 1.807) is 19.2 Å². The van der Waals surface area contributed by atoms with Crippen LogP contribution in [0.5, 0.6) is 5.75 Å². The van der Waals surface area contributed by atoms with E-state index in [1.165, 1.54) is 12.1 Å².